The van der Waals surface area contributed by atoms with Crippen molar-refractivity contribution in [1.82, 2.24) is 10.3 Å². The second-order valence-corrected chi connectivity index (χ2v) is 11.4. The van der Waals surface area contributed by atoms with Gasteiger partial charge in [0.1, 0.15) is 5.52 Å². The summed E-state index contributed by atoms with van der Waals surface area (Å²) in [6.07, 6.45) is 0.998. The minimum Gasteiger partial charge on any atom is -0.377 e. The molecular weight excluding hydrogens is 598 g/mol. The number of hydrogen-bond donors (Lipinski definition) is 3. The van der Waals surface area contributed by atoms with Crippen molar-refractivity contribution in [2.24, 2.45) is 5.11 Å². The summed E-state index contributed by atoms with van der Waals surface area (Å²) in [6.45, 7) is 0.0351. The first-order chi connectivity index (χ1) is 21.0. The first-order valence-electron chi connectivity index (χ1n) is 13.7. The van der Waals surface area contributed by atoms with Crippen LogP contribution in [0.4, 0.5) is 33.2 Å². The Labute approximate surface area is 253 Å². The van der Waals surface area contributed by atoms with Crippen molar-refractivity contribution in [2.45, 2.75) is 50.7 Å². The lowest BCUT2D eigenvalue weighted by atomic mass is 9.84. The SMILES string of the molecule is [N-]=C(N=N)NC(=O)c1ccc(CN(C(=O)Nc2nc3c(F)cc(C(F)(F)F)cc3s2)c2ccc(C3CCCCC3)cc2)cc1. The summed E-state index contributed by atoms with van der Waals surface area (Å²) in [6, 6.07) is 14.3. The second kappa shape index (κ2) is 12.9. The van der Waals surface area contributed by atoms with E-state index in [-0.39, 0.29) is 27.5 Å². The third-order valence-electron chi connectivity index (χ3n) is 7.40. The van der Waals surface area contributed by atoms with Crippen LogP contribution in [0, 0.1) is 11.3 Å². The molecule has 44 heavy (non-hydrogen) atoms. The van der Waals surface area contributed by atoms with E-state index in [4.69, 9.17) is 5.53 Å². The number of nitrogens with zero attached hydrogens (tertiary/aromatic N) is 4. The number of benzene rings is 3. The molecule has 5 rings (SSSR count). The number of halogens is 4. The lowest BCUT2D eigenvalue weighted by molar-refractivity contribution is -0.137. The summed E-state index contributed by atoms with van der Waals surface area (Å²) in [5.74, 6) is -2.25. The molecule has 1 aromatic heterocycles. The van der Waals surface area contributed by atoms with Gasteiger partial charge in [-0.2, -0.15) is 13.2 Å². The molecule has 1 saturated carbocycles. The maximum absolute atomic E-state index is 14.5. The molecule has 228 valence electrons. The summed E-state index contributed by atoms with van der Waals surface area (Å²) < 4.78 is 54.0. The largest absolute Gasteiger partial charge is 0.416 e. The van der Waals surface area contributed by atoms with Crippen molar-refractivity contribution in [3.8, 4) is 0 Å². The normalized spacial score (nSPS) is 13.8. The van der Waals surface area contributed by atoms with Crippen LogP contribution in [0.25, 0.3) is 15.6 Å². The van der Waals surface area contributed by atoms with Gasteiger partial charge in [0, 0.05) is 17.2 Å². The van der Waals surface area contributed by atoms with Crippen LogP contribution in [-0.2, 0) is 12.7 Å². The molecule has 0 radical (unpaired) electrons. The number of rotatable bonds is 6. The summed E-state index contributed by atoms with van der Waals surface area (Å²) in [5.41, 5.74) is 7.81. The van der Waals surface area contributed by atoms with Crippen molar-refractivity contribution in [3.05, 3.63) is 94.1 Å². The van der Waals surface area contributed by atoms with Crippen LogP contribution < -0.4 is 15.5 Å². The quantitative estimate of drug-likeness (QED) is 0.0861. The van der Waals surface area contributed by atoms with Crippen LogP contribution in [0.3, 0.4) is 0 Å². The van der Waals surface area contributed by atoms with E-state index in [1.165, 1.54) is 29.0 Å². The number of amides is 3. The number of alkyl halides is 3. The number of hydrogen-bond acceptors (Lipinski definition) is 5. The Morgan fingerprint density at radius 3 is 2.36 bits per heavy atom. The highest BCUT2D eigenvalue weighted by Gasteiger charge is 2.32. The Hall–Kier alpha value is -4.72. The predicted octanol–water partition coefficient (Wildman–Crippen LogP) is 8.43. The van der Waals surface area contributed by atoms with Gasteiger partial charge >= 0.3 is 12.2 Å². The zero-order chi connectivity index (χ0) is 31.4. The van der Waals surface area contributed by atoms with Gasteiger partial charge in [-0.05, 0) is 54.2 Å². The molecule has 1 aliphatic rings. The Kier molecular flexibility index (Phi) is 8.99. The van der Waals surface area contributed by atoms with E-state index in [1.807, 2.05) is 29.6 Å². The number of anilines is 2. The first-order valence-corrected chi connectivity index (χ1v) is 14.5. The average Bonchev–Trinajstić information content (AvgIpc) is 3.43. The van der Waals surface area contributed by atoms with Gasteiger partial charge in [-0.3, -0.25) is 25.7 Å². The van der Waals surface area contributed by atoms with Gasteiger partial charge in [0.25, 0.3) is 0 Å². The van der Waals surface area contributed by atoms with Crippen molar-refractivity contribution in [3.63, 3.8) is 0 Å². The lowest BCUT2D eigenvalue weighted by Crippen LogP contribution is -2.34. The fraction of sp³-hybridized carbons (Fsp3) is 0.267. The third-order valence-corrected chi connectivity index (χ3v) is 8.32. The molecule has 3 N–H and O–H groups in total. The highest BCUT2D eigenvalue weighted by Crippen LogP contribution is 2.37. The number of thiazole rings is 1. The number of fused-ring (bicyclic) bond motifs is 1. The maximum Gasteiger partial charge on any atom is 0.416 e. The highest BCUT2D eigenvalue weighted by molar-refractivity contribution is 7.22. The smallest absolute Gasteiger partial charge is 0.377 e. The van der Waals surface area contributed by atoms with E-state index in [0.29, 0.717) is 23.2 Å². The van der Waals surface area contributed by atoms with Crippen molar-refractivity contribution in [1.29, 1.82) is 5.53 Å². The number of urea groups is 1. The zero-order valence-electron chi connectivity index (χ0n) is 23.1. The number of carbonyl (C=O) groups is 2. The number of carbonyl (C=O) groups excluding carboxylic acids is 2. The Bertz CT molecular complexity index is 1700. The Morgan fingerprint density at radius 1 is 1.05 bits per heavy atom. The van der Waals surface area contributed by atoms with Crippen LogP contribution in [-0.4, -0.2) is 22.9 Å². The molecule has 0 spiro atoms. The molecule has 1 aliphatic carbocycles. The average molecular weight is 625 g/mol. The van der Waals surface area contributed by atoms with Crippen LogP contribution in [0.15, 0.2) is 65.8 Å². The molecule has 3 amide bonds. The van der Waals surface area contributed by atoms with Crippen LogP contribution in [0.5, 0.6) is 0 Å². The van der Waals surface area contributed by atoms with Crippen molar-refractivity contribution >= 4 is 50.3 Å². The lowest BCUT2D eigenvalue weighted by Gasteiger charge is -2.25. The fourth-order valence-electron chi connectivity index (χ4n) is 5.15. The Balaban J connectivity index is 1.41. The minimum absolute atomic E-state index is 0.0351. The highest BCUT2D eigenvalue weighted by atomic mass is 32.1. The van der Waals surface area contributed by atoms with E-state index in [0.717, 1.165) is 43.1 Å². The van der Waals surface area contributed by atoms with E-state index < -0.39 is 35.5 Å². The van der Waals surface area contributed by atoms with Crippen molar-refractivity contribution in [2.75, 3.05) is 10.2 Å². The number of aromatic nitrogens is 1. The summed E-state index contributed by atoms with van der Waals surface area (Å²) in [4.78, 5) is 31.2. The molecule has 1 heterocycles. The number of guanidine groups is 1. The molecule has 0 atom stereocenters. The summed E-state index contributed by atoms with van der Waals surface area (Å²) in [5, 5.41) is 16.6. The summed E-state index contributed by atoms with van der Waals surface area (Å²) >= 11 is 0.724. The molecule has 0 unspecified atom stereocenters. The molecular formula is C30H26F4N7O2S-. The van der Waals surface area contributed by atoms with Gasteiger partial charge in [-0.25, -0.2) is 14.2 Å². The molecule has 0 saturated heterocycles. The van der Waals surface area contributed by atoms with Gasteiger partial charge in [-0.1, -0.05) is 67.0 Å². The molecule has 3 aromatic carbocycles. The third kappa shape index (κ3) is 7.08. The van der Waals surface area contributed by atoms with E-state index in [9.17, 15) is 32.6 Å². The van der Waals surface area contributed by atoms with E-state index in [1.54, 1.807) is 12.1 Å². The van der Waals surface area contributed by atoms with Crippen LogP contribution >= 0.6 is 11.3 Å². The van der Waals surface area contributed by atoms with Gasteiger partial charge < -0.3 is 10.7 Å². The van der Waals surface area contributed by atoms with Crippen molar-refractivity contribution < 1.29 is 27.2 Å². The molecule has 14 heteroatoms. The van der Waals surface area contributed by atoms with Gasteiger partial charge in [0.15, 0.2) is 10.9 Å². The first kappa shape index (κ1) is 30.7. The molecule has 9 nitrogen and oxygen atoms in total. The number of nitrogens with one attached hydrogen (secondary N) is 3. The maximum atomic E-state index is 14.5. The topological polar surface area (TPSA) is 133 Å². The molecule has 0 bridgehead atoms. The monoisotopic (exact) mass is 624 g/mol. The minimum atomic E-state index is -4.74. The van der Waals surface area contributed by atoms with Gasteiger partial charge in [-0.15, -0.1) is 0 Å². The zero-order valence-corrected chi connectivity index (χ0v) is 23.9. The summed E-state index contributed by atoms with van der Waals surface area (Å²) in [7, 11) is 0. The Morgan fingerprint density at radius 2 is 1.73 bits per heavy atom. The predicted molar refractivity (Wildman–Crippen MR) is 159 cm³/mol. The molecule has 4 aromatic rings. The van der Waals surface area contributed by atoms with Gasteiger partial charge in [0.05, 0.1) is 16.8 Å². The van der Waals surface area contributed by atoms with Gasteiger partial charge in [0.2, 0.25) is 5.91 Å². The van der Waals surface area contributed by atoms with Crippen LogP contribution in [0.1, 0.15) is 65.1 Å². The molecule has 0 aliphatic heterocycles. The standard InChI is InChI=1S/C30H26F4N7O2S/c31-23-14-21(30(32,33)34)15-24-25(23)37-28(44-24)39-29(43)41(22-12-10-19(11-13-22)18-4-2-1-3-5-18)16-17-6-8-20(9-7-17)26(42)38-27(35)40-36/h6-15,18,36H,1-5,16H2,(H2-,35,37,38,39,42,43)/q-1. The second-order valence-electron chi connectivity index (χ2n) is 10.4. The van der Waals surface area contributed by atoms with Crippen LogP contribution in [0.2, 0.25) is 0 Å². The molecule has 1 fully saturated rings. The fourth-order valence-corrected chi connectivity index (χ4v) is 6.06. The van der Waals surface area contributed by atoms with E-state index in [2.05, 4.69) is 15.4 Å². The van der Waals surface area contributed by atoms with E-state index >= 15 is 0 Å².